The van der Waals surface area contributed by atoms with E-state index in [1.165, 1.54) is 102 Å². The molecule has 1 fully saturated rings. The van der Waals surface area contributed by atoms with Crippen LogP contribution in [0.3, 0.4) is 0 Å². The predicted molar refractivity (Wildman–Crippen MR) is 229 cm³/mol. The Morgan fingerprint density at radius 1 is 0.603 bits per heavy atom. The van der Waals surface area contributed by atoms with Gasteiger partial charge >= 0.3 is 7.82 Å². The highest BCUT2D eigenvalue weighted by Gasteiger charge is 2.51. The van der Waals surface area contributed by atoms with Crippen molar-refractivity contribution in [3.05, 3.63) is 36.5 Å². The van der Waals surface area contributed by atoms with Crippen molar-refractivity contribution in [2.24, 2.45) is 0 Å². The Morgan fingerprint density at radius 2 is 1.02 bits per heavy atom. The average molecular weight is 848 g/mol. The van der Waals surface area contributed by atoms with Gasteiger partial charge in [0.25, 0.3) is 0 Å². The van der Waals surface area contributed by atoms with Crippen LogP contribution in [0.1, 0.15) is 174 Å². The van der Waals surface area contributed by atoms with E-state index < -0.39 is 75.2 Å². The van der Waals surface area contributed by atoms with E-state index in [2.05, 4.69) is 43.5 Å². The van der Waals surface area contributed by atoms with Crippen LogP contribution in [0.5, 0.6) is 0 Å². The van der Waals surface area contributed by atoms with E-state index in [1.54, 1.807) is 6.08 Å². The molecule has 0 heterocycles. The van der Waals surface area contributed by atoms with Gasteiger partial charge < -0.3 is 46.0 Å². The highest BCUT2D eigenvalue weighted by atomic mass is 31.2. The molecule has 9 N–H and O–H groups in total. The van der Waals surface area contributed by atoms with Crippen molar-refractivity contribution in [3.8, 4) is 0 Å². The second-order valence-electron chi connectivity index (χ2n) is 16.1. The van der Waals surface area contributed by atoms with E-state index in [4.69, 9.17) is 9.05 Å². The van der Waals surface area contributed by atoms with Crippen molar-refractivity contribution in [2.45, 2.75) is 229 Å². The van der Waals surface area contributed by atoms with E-state index in [0.29, 0.717) is 19.3 Å². The van der Waals surface area contributed by atoms with Crippen molar-refractivity contribution >= 4 is 13.7 Å². The molecule has 1 rings (SSSR count). The Morgan fingerprint density at radius 3 is 1.52 bits per heavy atom. The standard InChI is InChI=1S/C44H82NO12P/c1-3-5-7-9-11-13-15-16-17-18-19-20-22-24-26-28-30-32-37(47)36(34-56-58(54,55)57-44-42(52)40(50)39(49)41(51)43(44)53)45-38(48)33-35(46)31-29-27-25-23-21-14-12-10-8-6-4-2/h22-25,30,32,35-37,39-44,46-47,49-53H,3-21,26-29,31,33-34H2,1-2H3,(H,45,48)(H,54,55)/b24-22+,25-23-,32-30+. The first kappa shape index (κ1) is 54.5. The molecule has 0 aromatic carbocycles. The molecule has 58 heavy (non-hydrogen) atoms. The first-order valence-corrected chi connectivity index (χ1v) is 24.0. The number of phosphoric ester groups is 1. The van der Waals surface area contributed by atoms with E-state index >= 15 is 0 Å². The molecule has 0 aromatic rings. The van der Waals surface area contributed by atoms with Gasteiger partial charge in [-0.1, -0.05) is 147 Å². The minimum Gasteiger partial charge on any atom is -0.393 e. The largest absolute Gasteiger partial charge is 0.472 e. The molecule has 1 saturated carbocycles. The number of carbonyl (C=O) groups excluding carboxylic acids is 1. The molecule has 8 unspecified atom stereocenters. The topological polar surface area (TPSA) is 226 Å². The SMILES string of the molecule is CCCCCCCC/C=C\CCCC(O)CC(=O)NC(COP(=O)(O)OC1C(O)C(O)C(O)C(O)C1O)C(O)/C=C/CC/C=C/CCCCCCCCCCCCC. The number of phosphoric acid groups is 1. The van der Waals surface area contributed by atoms with Crippen molar-refractivity contribution in [2.75, 3.05) is 6.61 Å². The number of nitrogens with one attached hydrogen (secondary N) is 1. The van der Waals surface area contributed by atoms with Gasteiger partial charge in [-0.3, -0.25) is 13.8 Å². The Labute approximate surface area is 349 Å². The Kier molecular flexibility index (Phi) is 32.1. The fraction of sp³-hybridized carbons (Fsp3) is 0.841. The van der Waals surface area contributed by atoms with Crippen molar-refractivity contribution < 1.29 is 59.0 Å². The third kappa shape index (κ3) is 26.0. The molecule has 14 heteroatoms. The quantitative estimate of drug-likeness (QED) is 0.0177. The molecule has 0 saturated heterocycles. The summed E-state index contributed by atoms with van der Waals surface area (Å²) in [6.45, 7) is 3.69. The number of aliphatic hydroxyl groups is 7. The summed E-state index contributed by atoms with van der Waals surface area (Å²) < 4.78 is 22.8. The Bertz CT molecular complexity index is 1140. The van der Waals surface area contributed by atoms with Crippen LogP contribution in [-0.2, 0) is 18.4 Å². The summed E-state index contributed by atoms with van der Waals surface area (Å²) in [6, 6.07) is -1.26. The molecule has 0 spiro atoms. The average Bonchev–Trinajstić information content (AvgIpc) is 3.19. The van der Waals surface area contributed by atoms with Crippen LogP contribution in [0.25, 0.3) is 0 Å². The van der Waals surface area contributed by atoms with Crippen LogP contribution in [0.15, 0.2) is 36.5 Å². The van der Waals surface area contributed by atoms with Crippen LogP contribution in [-0.4, -0.2) is 108 Å². The summed E-state index contributed by atoms with van der Waals surface area (Å²) in [7, 11) is -5.15. The van der Waals surface area contributed by atoms with E-state index in [-0.39, 0.29) is 6.42 Å². The van der Waals surface area contributed by atoms with Crippen LogP contribution in [0, 0.1) is 0 Å². The summed E-state index contributed by atoms with van der Waals surface area (Å²) in [5, 5.41) is 74.2. The summed E-state index contributed by atoms with van der Waals surface area (Å²) in [4.78, 5) is 23.4. The van der Waals surface area contributed by atoms with Crippen molar-refractivity contribution in [1.82, 2.24) is 5.32 Å². The number of aliphatic hydroxyl groups excluding tert-OH is 7. The maximum Gasteiger partial charge on any atom is 0.472 e. The molecule has 0 aromatic heterocycles. The maximum absolute atomic E-state index is 12.9. The van der Waals surface area contributed by atoms with Crippen molar-refractivity contribution in [1.29, 1.82) is 0 Å². The van der Waals surface area contributed by atoms with Gasteiger partial charge in [0.1, 0.15) is 36.6 Å². The van der Waals surface area contributed by atoms with Gasteiger partial charge in [-0.05, 0) is 57.8 Å². The monoisotopic (exact) mass is 848 g/mol. The lowest BCUT2D eigenvalue weighted by Gasteiger charge is -2.41. The minimum atomic E-state index is -5.15. The normalized spacial score (nSPS) is 24.1. The predicted octanol–water partition coefficient (Wildman–Crippen LogP) is 6.97. The minimum absolute atomic E-state index is 0.274. The second-order valence-corrected chi connectivity index (χ2v) is 17.5. The lowest BCUT2D eigenvalue weighted by Crippen LogP contribution is -2.64. The molecule has 1 aliphatic carbocycles. The molecular formula is C44H82NO12P. The summed E-state index contributed by atoms with van der Waals surface area (Å²) in [5.74, 6) is -0.621. The van der Waals surface area contributed by atoms with E-state index in [0.717, 1.165) is 38.5 Å². The fourth-order valence-electron chi connectivity index (χ4n) is 6.96. The zero-order valence-electron chi connectivity index (χ0n) is 35.7. The zero-order chi connectivity index (χ0) is 43.0. The number of hydrogen-bond acceptors (Lipinski definition) is 11. The van der Waals surface area contributed by atoms with Gasteiger partial charge in [0, 0.05) is 0 Å². The van der Waals surface area contributed by atoms with Crippen molar-refractivity contribution in [3.63, 3.8) is 0 Å². The molecule has 340 valence electrons. The molecule has 0 radical (unpaired) electrons. The molecule has 0 bridgehead atoms. The second kappa shape index (κ2) is 34.1. The van der Waals surface area contributed by atoms with Gasteiger partial charge in [-0.2, -0.15) is 0 Å². The van der Waals surface area contributed by atoms with Gasteiger partial charge in [0.15, 0.2) is 0 Å². The van der Waals surface area contributed by atoms with Gasteiger partial charge in [-0.25, -0.2) is 4.57 Å². The highest BCUT2D eigenvalue weighted by Crippen LogP contribution is 2.47. The number of carbonyl (C=O) groups is 1. The van der Waals surface area contributed by atoms with Gasteiger partial charge in [0.05, 0.1) is 31.3 Å². The number of allylic oxidation sites excluding steroid dienone is 5. The third-order valence-corrected chi connectivity index (χ3v) is 11.7. The smallest absolute Gasteiger partial charge is 0.393 e. The van der Waals surface area contributed by atoms with Crippen LogP contribution in [0.4, 0.5) is 0 Å². The molecule has 8 atom stereocenters. The van der Waals surface area contributed by atoms with Crippen LogP contribution >= 0.6 is 7.82 Å². The first-order valence-electron chi connectivity index (χ1n) is 22.5. The zero-order valence-corrected chi connectivity index (χ0v) is 36.6. The number of hydrogen-bond donors (Lipinski definition) is 9. The molecule has 1 aliphatic rings. The molecule has 13 nitrogen and oxygen atoms in total. The van der Waals surface area contributed by atoms with Crippen LogP contribution in [0.2, 0.25) is 0 Å². The molecule has 1 amide bonds. The first-order chi connectivity index (χ1) is 27.8. The molecule has 0 aliphatic heterocycles. The summed E-state index contributed by atoms with van der Waals surface area (Å²) in [5.41, 5.74) is 0. The highest BCUT2D eigenvalue weighted by molar-refractivity contribution is 7.47. The van der Waals surface area contributed by atoms with Crippen LogP contribution < -0.4 is 5.32 Å². The Hall–Kier alpha value is -1.48. The summed E-state index contributed by atoms with van der Waals surface area (Å²) in [6.07, 6.45) is 23.9. The molecular weight excluding hydrogens is 765 g/mol. The van der Waals surface area contributed by atoms with E-state index in [9.17, 15) is 50.0 Å². The van der Waals surface area contributed by atoms with E-state index in [1.807, 2.05) is 0 Å². The Balaban J connectivity index is 2.62. The fourth-order valence-corrected chi connectivity index (χ4v) is 7.93. The number of amides is 1. The lowest BCUT2D eigenvalue weighted by atomic mass is 9.85. The number of unbranched alkanes of at least 4 members (excludes halogenated alkanes) is 19. The maximum atomic E-state index is 12.9. The summed E-state index contributed by atoms with van der Waals surface area (Å²) >= 11 is 0. The number of rotatable bonds is 36. The van der Waals surface area contributed by atoms with Gasteiger partial charge in [0.2, 0.25) is 5.91 Å². The third-order valence-electron chi connectivity index (χ3n) is 10.7. The van der Waals surface area contributed by atoms with Gasteiger partial charge in [-0.15, -0.1) is 0 Å². The lowest BCUT2D eigenvalue weighted by molar-refractivity contribution is -0.220.